The predicted molar refractivity (Wildman–Crippen MR) is 121 cm³/mol. The molecule has 4 rings (SSSR count). The molecule has 8 heteroatoms. The van der Waals surface area contributed by atoms with E-state index in [1.165, 1.54) is 0 Å². The van der Waals surface area contributed by atoms with Gasteiger partial charge in [0.05, 0.1) is 10.0 Å². The number of nitrogens with zero attached hydrogens (tertiary/aromatic N) is 1. The third-order valence-electron chi connectivity index (χ3n) is 5.28. The second-order valence-corrected chi connectivity index (χ2v) is 8.93. The van der Waals surface area contributed by atoms with E-state index in [0.29, 0.717) is 44.7 Å². The Morgan fingerprint density at radius 1 is 1.23 bits per heavy atom. The molecule has 2 heterocycles. The monoisotopic (exact) mass is 505 g/mol. The number of ketones is 1. The van der Waals surface area contributed by atoms with Crippen molar-refractivity contribution in [3.63, 3.8) is 0 Å². The van der Waals surface area contributed by atoms with E-state index in [1.54, 1.807) is 30.5 Å². The highest BCUT2D eigenvalue weighted by Crippen LogP contribution is 2.45. The molecule has 5 nitrogen and oxygen atoms in total. The number of dihydropyridines is 1. The molecular formula is C22H18BrCl2N3O2. The van der Waals surface area contributed by atoms with Crippen LogP contribution in [0.5, 0.6) is 0 Å². The second kappa shape index (κ2) is 8.53. The van der Waals surface area contributed by atoms with Crippen LogP contribution in [0.15, 0.2) is 63.5 Å². The van der Waals surface area contributed by atoms with Crippen LogP contribution in [0.3, 0.4) is 0 Å². The van der Waals surface area contributed by atoms with Gasteiger partial charge in [0.25, 0.3) is 5.91 Å². The lowest BCUT2D eigenvalue weighted by Gasteiger charge is -2.35. The third kappa shape index (κ3) is 3.92. The van der Waals surface area contributed by atoms with Gasteiger partial charge in [-0.05, 0) is 59.5 Å². The Labute approximate surface area is 192 Å². The number of amides is 1. The average Bonchev–Trinajstić information content (AvgIpc) is 2.71. The van der Waals surface area contributed by atoms with E-state index < -0.39 is 5.92 Å². The lowest BCUT2D eigenvalue weighted by molar-refractivity contribution is -0.116. The lowest BCUT2D eigenvalue weighted by Crippen LogP contribution is -2.35. The fourth-order valence-electron chi connectivity index (χ4n) is 3.97. The normalized spacial score (nSPS) is 18.8. The summed E-state index contributed by atoms with van der Waals surface area (Å²) in [6.07, 6.45) is 3.57. The smallest absolute Gasteiger partial charge is 0.255 e. The molecule has 0 spiro atoms. The molecule has 1 aromatic heterocycles. The van der Waals surface area contributed by atoms with Gasteiger partial charge in [-0.25, -0.2) is 4.98 Å². The predicted octanol–water partition coefficient (Wildman–Crippen LogP) is 5.76. The molecule has 2 aliphatic rings. The van der Waals surface area contributed by atoms with Crippen molar-refractivity contribution in [2.45, 2.75) is 32.1 Å². The van der Waals surface area contributed by atoms with Crippen LogP contribution in [0.25, 0.3) is 0 Å². The van der Waals surface area contributed by atoms with Crippen molar-refractivity contribution >= 4 is 56.6 Å². The summed E-state index contributed by atoms with van der Waals surface area (Å²) in [7, 11) is 0. The van der Waals surface area contributed by atoms with E-state index in [1.807, 2.05) is 13.0 Å². The molecule has 1 aromatic carbocycles. The van der Waals surface area contributed by atoms with E-state index in [-0.39, 0.29) is 11.7 Å². The Morgan fingerprint density at radius 2 is 2.03 bits per heavy atom. The number of hydrogen-bond acceptors (Lipinski definition) is 4. The van der Waals surface area contributed by atoms with Gasteiger partial charge in [-0.15, -0.1) is 0 Å². The van der Waals surface area contributed by atoms with Crippen LogP contribution in [0.2, 0.25) is 10.0 Å². The molecule has 1 aliphatic heterocycles. The van der Waals surface area contributed by atoms with Gasteiger partial charge in [-0.1, -0.05) is 35.3 Å². The van der Waals surface area contributed by atoms with E-state index in [4.69, 9.17) is 23.2 Å². The third-order valence-corrected chi connectivity index (χ3v) is 6.58. The number of halogens is 3. The lowest BCUT2D eigenvalue weighted by atomic mass is 9.75. The molecule has 154 valence electrons. The van der Waals surface area contributed by atoms with Crippen LogP contribution in [0.1, 0.15) is 37.7 Å². The molecule has 2 N–H and O–H groups in total. The van der Waals surface area contributed by atoms with Gasteiger partial charge >= 0.3 is 0 Å². The minimum Gasteiger partial charge on any atom is -0.362 e. The summed E-state index contributed by atoms with van der Waals surface area (Å²) in [5, 5.41) is 6.84. The van der Waals surface area contributed by atoms with Gasteiger partial charge in [0.1, 0.15) is 5.82 Å². The standard InChI is InChI=1S/C22H18BrCl2N3O2/c1-11-18(22(30)28-17-9-8-12(23)10-26-17)19(13-4-2-5-14(24)21(13)25)20-15(27-11)6-3-7-16(20)29/h2,4-5,8-10,19,27H,3,6-7H2,1H3,(H,26,28,30). The topological polar surface area (TPSA) is 71.1 Å². The number of allylic oxidation sites excluding steroid dienone is 3. The fraction of sp³-hybridized carbons (Fsp3) is 0.227. The highest BCUT2D eigenvalue weighted by atomic mass is 79.9. The zero-order valence-electron chi connectivity index (χ0n) is 16.1. The fourth-order valence-corrected chi connectivity index (χ4v) is 4.62. The molecule has 0 radical (unpaired) electrons. The van der Waals surface area contributed by atoms with Gasteiger partial charge in [0, 0.05) is 45.5 Å². The quantitative estimate of drug-likeness (QED) is 0.555. The van der Waals surface area contributed by atoms with Crippen molar-refractivity contribution in [3.8, 4) is 0 Å². The molecule has 0 bridgehead atoms. The van der Waals surface area contributed by atoms with Crippen molar-refractivity contribution in [1.82, 2.24) is 10.3 Å². The number of carbonyl (C=O) groups excluding carboxylic acids is 2. The first kappa shape index (κ1) is 21.1. The van der Waals surface area contributed by atoms with Crippen molar-refractivity contribution < 1.29 is 9.59 Å². The number of benzene rings is 1. The van der Waals surface area contributed by atoms with Crippen molar-refractivity contribution in [2.24, 2.45) is 0 Å². The maximum absolute atomic E-state index is 13.4. The van der Waals surface area contributed by atoms with Crippen LogP contribution < -0.4 is 10.6 Å². The SMILES string of the molecule is CC1=C(C(=O)Nc2ccc(Br)cn2)C(c2cccc(Cl)c2Cl)C2=C(CCCC2=O)N1. The maximum Gasteiger partial charge on any atom is 0.255 e. The van der Waals surface area contributed by atoms with Gasteiger partial charge in [-0.2, -0.15) is 0 Å². The largest absolute Gasteiger partial charge is 0.362 e. The van der Waals surface area contributed by atoms with Crippen LogP contribution >= 0.6 is 39.1 Å². The van der Waals surface area contributed by atoms with Gasteiger partial charge in [-0.3, -0.25) is 9.59 Å². The first-order chi connectivity index (χ1) is 14.4. The summed E-state index contributed by atoms with van der Waals surface area (Å²) in [6, 6.07) is 8.77. The highest BCUT2D eigenvalue weighted by molar-refractivity contribution is 9.10. The van der Waals surface area contributed by atoms with Gasteiger partial charge < -0.3 is 10.6 Å². The molecule has 1 unspecified atom stereocenters. The zero-order valence-corrected chi connectivity index (χ0v) is 19.2. The Hall–Kier alpha value is -2.15. The molecule has 1 atom stereocenters. The molecule has 2 aromatic rings. The second-order valence-electron chi connectivity index (χ2n) is 7.22. The molecular weight excluding hydrogens is 489 g/mol. The highest BCUT2D eigenvalue weighted by Gasteiger charge is 2.39. The molecule has 0 saturated heterocycles. The Bertz CT molecular complexity index is 1110. The van der Waals surface area contributed by atoms with E-state index in [0.717, 1.165) is 23.0 Å². The van der Waals surface area contributed by atoms with Crippen molar-refractivity contribution in [3.05, 3.63) is 79.2 Å². The summed E-state index contributed by atoms with van der Waals surface area (Å²) in [4.78, 5) is 30.5. The van der Waals surface area contributed by atoms with E-state index in [9.17, 15) is 9.59 Å². The molecule has 0 saturated carbocycles. The molecule has 30 heavy (non-hydrogen) atoms. The van der Waals surface area contributed by atoms with Gasteiger partial charge in [0.15, 0.2) is 5.78 Å². The number of pyridine rings is 1. The minimum atomic E-state index is -0.601. The Balaban J connectivity index is 1.82. The molecule has 1 amide bonds. The molecule has 1 aliphatic carbocycles. The number of nitrogens with one attached hydrogen (secondary N) is 2. The number of aromatic nitrogens is 1. The number of anilines is 1. The molecule has 0 fully saturated rings. The van der Waals surface area contributed by atoms with E-state index >= 15 is 0 Å². The summed E-state index contributed by atoms with van der Waals surface area (Å²) in [5.41, 5.74) is 3.19. The summed E-state index contributed by atoms with van der Waals surface area (Å²) < 4.78 is 0.807. The first-order valence-corrected chi connectivity index (χ1v) is 11.0. The zero-order chi connectivity index (χ0) is 21.4. The van der Waals surface area contributed by atoms with E-state index in [2.05, 4.69) is 31.5 Å². The number of Topliss-reactive ketones (excluding diaryl/α,β-unsaturated/α-hetero) is 1. The number of hydrogen-bond donors (Lipinski definition) is 2. The van der Waals surface area contributed by atoms with Crippen molar-refractivity contribution in [1.29, 1.82) is 0 Å². The van der Waals surface area contributed by atoms with Crippen LogP contribution in [0.4, 0.5) is 5.82 Å². The van der Waals surface area contributed by atoms with Crippen LogP contribution in [-0.4, -0.2) is 16.7 Å². The summed E-state index contributed by atoms with van der Waals surface area (Å²) in [5.74, 6) is -0.518. The minimum absolute atomic E-state index is 0.0179. The summed E-state index contributed by atoms with van der Waals surface area (Å²) >= 11 is 16.1. The van der Waals surface area contributed by atoms with Crippen molar-refractivity contribution in [2.75, 3.05) is 5.32 Å². The van der Waals surface area contributed by atoms with Gasteiger partial charge in [0.2, 0.25) is 0 Å². The summed E-state index contributed by atoms with van der Waals surface area (Å²) in [6.45, 7) is 1.83. The Kier molecular flexibility index (Phi) is 6.00. The van der Waals surface area contributed by atoms with Crippen LogP contribution in [-0.2, 0) is 9.59 Å². The number of carbonyl (C=O) groups is 2. The number of rotatable bonds is 3. The average molecular weight is 507 g/mol. The van der Waals surface area contributed by atoms with Crippen LogP contribution in [0, 0.1) is 0 Å². The Morgan fingerprint density at radius 3 is 2.77 bits per heavy atom. The first-order valence-electron chi connectivity index (χ1n) is 9.47. The maximum atomic E-state index is 13.4.